The van der Waals surface area contributed by atoms with Crippen LogP contribution in [0.5, 0.6) is 0 Å². The Balaban J connectivity index is 1.83. The normalized spacial score (nSPS) is 11.7. The Hall–Kier alpha value is -1.59. The Morgan fingerprint density at radius 3 is 2.30 bits per heavy atom. The summed E-state index contributed by atoms with van der Waals surface area (Å²) in [4.78, 5) is 0.233. The molecule has 23 heavy (non-hydrogen) atoms. The quantitative estimate of drug-likeness (QED) is 0.732. The van der Waals surface area contributed by atoms with E-state index >= 15 is 0 Å². The number of sulfonamides is 1. The molecule has 0 bridgehead atoms. The standard InChI is InChI=1S/C17H13Cl2NO2S/c18-16-8-5-12(9-17(16)19)11-20-23(21,22)15-7-6-13-3-1-2-4-14(13)10-15/h1-10,20H,11H2. The molecule has 0 atom stereocenters. The van der Waals surface area contributed by atoms with E-state index in [1.54, 1.807) is 36.4 Å². The van der Waals surface area contributed by atoms with Crippen LogP contribution < -0.4 is 4.72 Å². The Morgan fingerprint density at radius 2 is 1.57 bits per heavy atom. The molecule has 0 amide bonds. The smallest absolute Gasteiger partial charge is 0.207 e. The SMILES string of the molecule is O=S(=O)(NCc1ccc(Cl)c(Cl)c1)c1ccc2ccccc2c1. The number of fused-ring (bicyclic) bond motifs is 1. The molecule has 3 aromatic carbocycles. The maximum absolute atomic E-state index is 12.4. The molecule has 0 radical (unpaired) electrons. The largest absolute Gasteiger partial charge is 0.240 e. The second kappa shape index (κ2) is 6.49. The second-order valence-electron chi connectivity index (χ2n) is 5.08. The third-order valence-corrected chi connectivity index (χ3v) is 5.62. The van der Waals surface area contributed by atoms with Crippen LogP contribution in [0, 0.1) is 0 Å². The zero-order valence-electron chi connectivity index (χ0n) is 12.0. The lowest BCUT2D eigenvalue weighted by Crippen LogP contribution is -2.23. The van der Waals surface area contributed by atoms with E-state index in [0.29, 0.717) is 10.0 Å². The number of rotatable bonds is 4. The Labute approximate surface area is 144 Å². The number of hydrogen-bond acceptors (Lipinski definition) is 2. The Bertz CT molecular complexity index is 971. The minimum atomic E-state index is -3.60. The van der Waals surface area contributed by atoms with Gasteiger partial charge in [0.15, 0.2) is 0 Å². The van der Waals surface area contributed by atoms with Gasteiger partial charge in [-0.05, 0) is 40.6 Å². The molecule has 0 aliphatic rings. The van der Waals surface area contributed by atoms with Gasteiger partial charge in [0.1, 0.15) is 0 Å². The van der Waals surface area contributed by atoms with Crippen LogP contribution in [0.4, 0.5) is 0 Å². The van der Waals surface area contributed by atoms with E-state index in [0.717, 1.165) is 16.3 Å². The molecule has 3 aromatic rings. The molecule has 6 heteroatoms. The van der Waals surface area contributed by atoms with Crippen molar-refractivity contribution in [1.29, 1.82) is 0 Å². The van der Waals surface area contributed by atoms with Gasteiger partial charge in [0, 0.05) is 6.54 Å². The predicted molar refractivity (Wildman–Crippen MR) is 94.4 cm³/mol. The Morgan fingerprint density at radius 1 is 0.826 bits per heavy atom. The van der Waals surface area contributed by atoms with Crippen LogP contribution in [0.1, 0.15) is 5.56 Å². The molecule has 1 N–H and O–H groups in total. The van der Waals surface area contributed by atoms with Crippen LogP contribution in [-0.2, 0) is 16.6 Å². The van der Waals surface area contributed by atoms with E-state index in [1.807, 2.05) is 24.3 Å². The van der Waals surface area contributed by atoms with Gasteiger partial charge in [0.2, 0.25) is 10.0 Å². The van der Waals surface area contributed by atoms with Crippen LogP contribution in [0.3, 0.4) is 0 Å². The van der Waals surface area contributed by atoms with Gasteiger partial charge in [0.05, 0.1) is 14.9 Å². The fourth-order valence-electron chi connectivity index (χ4n) is 2.25. The van der Waals surface area contributed by atoms with Crippen molar-refractivity contribution in [2.24, 2.45) is 0 Å². The summed E-state index contributed by atoms with van der Waals surface area (Å²) >= 11 is 11.8. The summed E-state index contributed by atoms with van der Waals surface area (Å²) in [6.45, 7) is 0.145. The van der Waals surface area contributed by atoms with Gasteiger partial charge in [-0.2, -0.15) is 0 Å². The third kappa shape index (κ3) is 3.67. The van der Waals surface area contributed by atoms with Crippen molar-refractivity contribution >= 4 is 44.0 Å². The van der Waals surface area contributed by atoms with Gasteiger partial charge < -0.3 is 0 Å². The van der Waals surface area contributed by atoms with E-state index in [1.165, 1.54) is 0 Å². The highest BCUT2D eigenvalue weighted by molar-refractivity contribution is 7.89. The molecular weight excluding hydrogens is 353 g/mol. The molecule has 0 saturated heterocycles. The summed E-state index contributed by atoms with van der Waals surface area (Å²) in [7, 11) is -3.60. The van der Waals surface area contributed by atoms with E-state index < -0.39 is 10.0 Å². The summed E-state index contributed by atoms with van der Waals surface area (Å²) in [5, 5.41) is 2.71. The molecular formula is C17H13Cl2NO2S. The molecule has 3 rings (SSSR count). The highest BCUT2D eigenvalue weighted by atomic mass is 35.5. The monoisotopic (exact) mass is 365 g/mol. The highest BCUT2D eigenvalue weighted by Crippen LogP contribution is 2.23. The first-order chi connectivity index (χ1) is 11.0. The molecule has 0 aromatic heterocycles. The predicted octanol–water partition coefficient (Wildman–Crippen LogP) is 4.63. The van der Waals surface area contributed by atoms with Gasteiger partial charge in [-0.3, -0.25) is 0 Å². The fraction of sp³-hybridized carbons (Fsp3) is 0.0588. The maximum Gasteiger partial charge on any atom is 0.240 e. The summed E-state index contributed by atoms with van der Waals surface area (Å²) < 4.78 is 27.4. The van der Waals surface area contributed by atoms with Crippen LogP contribution in [0.2, 0.25) is 10.0 Å². The van der Waals surface area contributed by atoms with Crippen molar-refractivity contribution in [1.82, 2.24) is 4.72 Å². The van der Waals surface area contributed by atoms with Crippen LogP contribution in [0.25, 0.3) is 10.8 Å². The van der Waals surface area contributed by atoms with Gasteiger partial charge >= 0.3 is 0 Å². The maximum atomic E-state index is 12.4. The number of halogens is 2. The molecule has 3 nitrogen and oxygen atoms in total. The molecule has 0 fully saturated rings. The molecule has 0 aliphatic carbocycles. The van der Waals surface area contributed by atoms with E-state index in [9.17, 15) is 8.42 Å². The average molecular weight is 366 g/mol. The van der Waals surface area contributed by atoms with E-state index in [-0.39, 0.29) is 11.4 Å². The summed E-state index contributed by atoms with van der Waals surface area (Å²) in [5.41, 5.74) is 0.740. The van der Waals surface area contributed by atoms with Crippen molar-refractivity contribution < 1.29 is 8.42 Å². The minimum Gasteiger partial charge on any atom is -0.207 e. The molecule has 0 unspecified atom stereocenters. The average Bonchev–Trinajstić information content (AvgIpc) is 2.55. The fourth-order valence-corrected chi connectivity index (χ4v) is 3.62. The van der Waals surface area contributed by atoms with Crippen molar-refractivity contribution in [2.45, 2.75) is 11.4 Å². The van der Waals surface area contributed by atoms with Crippen LogP contribution in [0.15, 0.2) is 65.6 Å². The first kappa shape index (κ1) is 16.3. The van der Waals surface area contributed by atoms with Crippen LogP contribution >= 0.6 is 23.2 Å². The zero-order chi connectivity index (χ0) is 16.4. The molecule has 0 spiro atoms. The summed E-state index contributed by atoms with van der Waals surface area (Å²) in [6, 6.07) is 17.7. The number of hydrogen-bond donors (Lipinski definition) is 1. The molecule has 0 saturated carbocycles. The zero-order valence-corrected chi connectivity index (χ0v) is 14.3. The van der Waals surface area contributed by atoms with Crippen molar-refractivity contribution in [3.8, 4) is 0 Å². The topological polar surface area (TPSA) is 46.2 Å². The molecule has 0 aliphatic heterocycles. The van der Waals surface area contributed by atoms with Crippen LogP contribution in [-0.4, -0.2) is 8.42 Å². The highest BCUT2D eigenvalue weighted by Gasteiger charge is 2.14. The lowest BCUT2D eigenvalue weighted by atomic mass is 10.1. The van der Waals surface area contributed by atoms with Crippen molar-refractivity contribution in [2.75, 3.05) is 0 Å². The van der Waals surface area contributed by atoms with Gasteiger partial charge in [0.25, 0.3) is 0 Å². The first-order valence-corrected chi connectivity index (χ1v) is 9.12. The van der Waals surface area contributed by atoms with Gasteiger partial charge in [-0.15, -0.1) is 0 Å². The molecule has 0 heterocycles. The second-order valence-corrected chi connectivity index (χ2v) is 7.66. The summed E-state index contributed by atoms with van der Waals surface area (Å²) in [5.74, 6) is 0. The Kier molecular flexibility index (Phi) is 4.60. The van der Waals surface area contributed by atoms with Gasteiger partial charge in [-0.1, -0.05) is 59.6 Å². The summed E-state index contributed by atoms with van der Waals surface area (Å²) in [6.07, 6.45) is 0. The van der Waals surface area contributed by atoms with E-state index in [4.69, 9.17) is 23.2 Å². The minimum absolute atomic E-state index is 0.145. The van der Waals surface area contributed by atoms with Gasteiger partial charge in [-0.25, -0.2) is 13.1 Å². The number of benzene rings is 3. The lowest BCUT2D eigenvalue weighted by molar-refractivity contribution is 0.581. The lowest BCUT2D eigenvalue weighted by Gasteiger charge is -2.08. The molecule has 118 valence electrons. The van der Waals surface area contributed by atoms with Crippen molar-refractivity contribution in [3.05, 3.63) is 76.3 Å². The van der Waals surface area contributed by atoms with Crippen molar-refractivity contribution in [3.63, 3.8) is 0 Å². The third-order valence-electron chi connectivity index (χ3n) is 3.48. The van der Waals surface area contributed by atoms with E-state index in [2.05, 4.69) is 4.72 Å². The number of nitrogens with one attached hydrogen (secondary N) is 1. The first-order valence-electron chi connectivity index (χ1n) is 6.88.